The molecule has 394 valence electrons. The lowest BCUT2D eigenvalue weighted by atomic mass is 10.1. The zero-order valence-electron chi connectivity index (χ0n) is 42.7. The van der Waals surface area contributed by atoms with E-state index in [9.17, 15) is 24.0 Å². The Hall–Kier alpha value is -6.86. The van der Waals surface area contributed by atoms with Gasteiger partial charge in [-0.1, -0.05) is 19.1 Å². The van der Waals surface area contributed by atoms with Crippen molar-refractivity contribution in [2.24, 2.45) is 11.5 Å². The SMILES string of the molecule is CCc1nc(C)sc1C(=O)Nc1nc2cc(C(N)=O)cc(OCCCN3CCN(C(=O)NCCCN4CCNCC4)CC3)c2n1C/C=C/Cn1c(NC(=O)c2cc(C)nn2CC)nc2cc(C(N)=O)cc(SC)c21. The van der Waals surface area contributed by atoms with E-state index in [0.29, 0.717) is 95.4 Å². The maximum atomic E-state index is 14.0. The molecule has 6 amide bonds. The van der Waals surface area contributed by atoms with Crippen LogP contribution in [0.4, 0.5) is 16.7 Å². The number of imidazole rings is 2. The first kappa shape index (κ1) is 53.4. The Balaban J connectivity index is 1.02. The highest BCUT2D eigenvalue weighted by atomic mass is 32.2. The van der Waals surface area contributed by atoms with Gasteiger partial charge in [0.25, 0.3) is 11.8 Å². The molecule has 0 bridgehead atoms. The number of urea groups is 1. The van der Waals surface area contributed by atoms with Gasteiger partial charge in [-0.2, -0.15) is 5.10 Å². The van der Waals surface area contributed by atoms with Gasteiger partial charge < -0.3 is 45.8 Å². The van der Waals surface area contributed by atoms with E-state index in [4.69, 9.17) is 26.2 Å². The molecule has 4 aromatic heterocycles. The fourth-order valence-corrected chi connectivity index (χ4v) is 10.8. The second-order valence-corrected chi connectivity index (χ2v) is 20.2. The molecule has 74 heavy (non-hydrogen) atoms. The van der Waals surface area contributed by atoms with Crippen LogP contribution in [0.25, 0.3) is 22.1 Å². The molecule has 2 saturated heterocycles. The van der Waals surface area contributed by atoms with Gasteiger partial charge in [-0.25, -0.2) is 19.7 Å². The van der Waals surface area contributed by atoms with Crippen molar-refractivity contribution in [3.63, 3.8) is 0 Å². The van der Waals surface area contributed by atoms with Gasteiger partial charge in [-0.05, 0) is 83.2 Å². The van der Waals surface area contributed by atoms with Crippen molar-refractivity contribution in [2.75, 3.05) is 95.5 Å². The lowest BCUT2D eigenvalue weighted by molar-refractivity contribution is 0.0991. The van der Waals surface area contributed by atoms with Gasteiger partial charge in [0.2, 0.25) is 23.7 Å². The second kappa shape index (κ2) is 24.4. The fraction of sp³-hybridized carbons (Fsp3) is 0.460. The van der Waals surface area contributed by atoms with Crippen molar-refractivity contribution in [1.29, 1.82) is 0 Å². The summed E-state index contributed by atoms with van der Waals surface area (Å²) in [6.45, 7) is 17.9. The molecule has 2 aliphatic heterocycles. The monoisotopic (exact) mass is 1050 g/mol. The number of rotatable bonds is 22. The number of allylic oxidation sites excluding steroid dienone is 2. The quantitative estimate of drug-likeness (QED) is 0.0314. The number of thiazole rings is 1. The number of anilines is 2. The first-order chi connectivity index (χ1) is 35.7. The summed E-state index contributed by atoms with van der Waals surface area (Å²) in [5.74, 6) is -1.23. The lowest BCUT2D eigenvalue weighted by Crippen LogP contribution is -2.52. The topological polar surface area (TPSA) is 271 Å². The number of primary amides is 2. The van der Waals surface area contributed by atoms with Crippen molar-refractivity contribution in [3.8, 4) is 5.75 Å². The molecule has 2 aliphatic rings. The summed E-state index contributed by atoms with van der Waals surface area (Å²) in [4.78, 5) is 87.9. The molecular formula is C50H66N16O6S2. The van der Waals surface area contributed by atoms with E-state index in [-0.39, 0.29) is 48.1 Å². The molecule has 6 heterocycles. The van der Waals surface area contributed by atoms with Gasteiger partial charge in [0.15, 0.2) is 0 Å². The van der Waals surface area contributed by atoms with Crippen LogP contribution in [0.3, 0.4) is 0 Å². The van der Waals surface area contributed by atoms with Gasteiger partial charge in [-0.3, -0.25) is 39.4 Å². The van der Waals surface area contributed by atoms with Crippen LogP contribution in [0.5, 0.6) is 5.75 Å². The summed E-state index contributed by atoms with van der Waals surface area (Å²) in [7, 11) is 0. The number of thioether (sulfide) groups is 1. The first-order valence-corrected chi connectivity index (χ1v) is 27.1. The standard InChI is InChI=1S/C50H66N16O6S2/c1-6-35-43(74-32(4)55-35)47(70)59-49-56-36-27-33(44(51)67)29-39(72-25-11-16-62-21-23-63(24-22-62)50(71)54-12-10-15-61-19-13-53-14-20-61)41(36)64(49)17-8-9-18-65-42-37(28-34(45(52)68)30-40(42)73-5)57-48(65)58-46(69)38-26-31(3)60-66(38)7-2/h8-9,26-30,53H,6-7,10-25H2,1-5H3,(H2,51,67)(H2,52,68)(H,54,71)(H,56,59,70)(H,57,58,69)/b9-8+. The predicted octanol–water partition coefficient (Wildman–Crippen LogP) is 4.31. The van der Waals surface area contributed by atoms with Crippen LogP contribution >= 0.6 is 23.1 Å². The van der Waals surface area contributed by atoms with Crippen LogP contribution in [-0.2, 0) is 26.1 Å². The molecule has 6 aromatic rings. The number of ether oxygens (including phenoxy) is 1. The van der Waals surface area contributed by atoms with E-state index >= 15 is 0 Å². The number of piperazine rings is 2. The lowest BCUT2D eigenvalue weighted by Gasteiger charge is -2.34. The Bertz CT molecular complexity index is 3050. The van der Waals surface area contributed by atoms with E-state index in [0.717, 1.165) is 68.7 Å². The van der Waals surface area contributed by atoms with Gasteiger partial charge in [0.1, 0.15) is 21.8 Å². The Morgan fingerprint density at radius 2 is 1.41 bits per heavy atom. The minimum atomic E-state index is -0.664. The summed E-state index contributed by atoms with van der Waals surface area (Å²) in [6.07, 6.45) is 7.81. The molecule has 8 N–H and O–H groups in total. The highest BCUT2D eigenvalue weighted by Crippen LogP contribution is 2.34. The van der Waals surface area contributed by atoms with E-state index in [2.05, 4.69) is 41.1 Å². The molecule has 24 heteroatoms. The number of nitrogens with zero attached hydrogens (tertiary/aromatic N) is 10. The number of hydrogen-bond donors (Lipinski definition) is 6. The molecule has 0 unspecified atom stereocenters. The maximum Gasteiger partial charge on any atom is 0.317 e. The number of nitrogens with one attached hydrogen (secondary N) is 4. The average molecular weight is 1050 g/mol. The van der Waals surface area contributed by atoms with Gasteiger partial charge in [-0.15, -0.1) is 23.1 Å². The highest BCUT2D eigenvalue weighted by Gasteiger charge is 2.25. The van der Waals surface area contributed by atoms with Crippen LogP contribution in [0.2, 0.25) is 0 Å². The van der Waals surface area contributed by atoms with Crippen molar-refractivity contribution < 1.29 is 28.7 Å². The average Bonchev–Trinajstić information content (AvgIpc) is 4.17. The first-order valence-electron chi connectivity index (χ1n) is 25.1. The van der Waals surface area contributed by atoms with Crippen molar-refractivity contribution in [2.45, 2.75) is 71.5 Å². The summed E-state index contributed by atoms with van der Waals surface area (Å²) in [5, 5.41) is 17.7. The summed E-state index contributed by atoms with van der Waals surface area (Å²) in [5.41, 5.74) is 15.9. The number of carbonyl (C=O) groups excluding carboxylic acids is 5. The van der Waals surface area contributed by atoms with Gasteiger partial charge >= 0.3 is 6.03 Å². The zero-order valence-corrected chi connectivity index (χ0v) is 44.3. The van der Waals surface area contributed by atoms with Crippen LogP contribution in [0, 0.1) is 13.8 Å². The third-order valence-corrected chi connectivity index (χ3v) is 14.8. The number of aromatic nitrogens is 7. The molecule has 0 atom stereocenters. The normalized spacial score (nSPS) is 14.6. The number of carbonyl (C=O) groups is 5. The second-order valence-electron chi connectivity index (χ2n) is 18.1. The zero-order chi connectivity index (χ0) is 52.5. The summed E-state index contributed by atoms with van der Waals surface area (Å²) in [6, 6.07) is 8.18. The Labute approximate surface area is 437 Å². The molecule has 0 spiro atoms. The molecule has 0 saturated carbocycles. The molecular weight excluding hydrogens is 985 g/mol. The van der Waals surface area contributed by atoms with E-state index < -0.39 is 17.7 Å². The van der Waals surface area contributed by atoms with E-state index in [1.807, 2.05) is 60.1 Å². The third kappa shape index (κ3) is 12.5. The Morgan fingerprint density at radius 3 is 2.05 bits per heavy atom. The van der Waals surface area contributed by atoms with E-state index in [1.165, 1.54) is 23.1 Å². The molecule has 2 fully saturated rings. The number of benzene rings is 2. The minimum Gasteiger partial charge on any atom is -0.491 e. The molecule has 0 radical (unpaired) electrons. The van der Waals surface area contributed by atoms with Crippen molar-refractivity contribution in [3.05, 3.63) is 80.6 Å². The van der Waals surface area contributed by atoms with E-state index in [1.54, 1.807) is 35.0 Å². The number of nitrogens with two attached hydrogens (primary N) is 2. The van der Waals surface area contributed by atoms with Gasteiger partial charge in [0, 0.05) is 101 Å². The number of hydrogen-bond acceptors (Lipinski definition) is 15. The van der Waals surface area contributed by atoms with Crippen LogP contribution in [0.15, 0.2) is 47.4 Å². The third-order valence-electron chi connectivity index (χ3n) is 13.0. The van der Waals surface area contributed by atoms with Crippen LogP contribution in [-0.4, -0.2) is 163 Å². The maximum absolute atomic E-state index is 14.0. The molecule has 22 nitrogen and oxygen atoms in total. The number of fused-ring (bicyclic) bond motifs is 2. The summed E-state index contributed by atoms with van der Waals surface area (Å²) >= 11 is 2.71. The summed E-state index contributed by atoms with van der Waals surface area (Å²) < 4.78 is 11.8. The Morgan fingerprint density at radius 1 is 0.784 bits per heavy atom. The molecule has 8 rings (SSSR count). The Kier molecular flexibility index (Phi) is 17.7. The number of amides is 6. The highest BCUT2D eigenvalue weighted by molar-refractivity contribution is 7.98. The minimum absolute atomic E-state index is 0.0258. The van der Waals surface area contributed by atoms with Gasteiger partial charge in [0.05, 0.1) is 39.6 Å². The smallest absolute Gasteiger partial charge is 0.317 e. The predicted molar refractivity (Wildman–Crippen MR) is 288 cm³/mol. The number of aryl methyl sites for hydroxylation is 4. The molecule has 2 aromatic carbocycles. The molecule has 0 aliphatic carbocycles. The van der Waals surface area contributed by atoms with Crippen LogP contribution < -0.4 is 37.5 Å². The van der Waals surface area contributed by atoms with Crippen LogP contribution in [0.1, 0.15) is 84.0 Å². The van der Waals surface area contributed by atoms with Crippen molar-refractivity contribution in [1.82, 2.24) is 59.2 Å². The van der Waals surface area contributed by atoms with Crippen molar-refractivity contribution >= 4 is 86.7 Å². The largest absolute Gasteiger partial charge is 0.491 e. The fourth-order valence-electron chi connectivity index (χ4n) is 9.29.